The molecule has 0 bridgehead atoms. The minimum atomic E-state index is -0.372. The third-order valence-corrected chi connectivity index (χ3v) is 2.75. The smallest absolute Gasteiger partial charge is 0.314 e. The van der Waals surface area contributed by atoms with Gasteiger partial charge in [-0.1, -0.05) is 0 Å². The molecule has 1 aliphatic carbocycles. The molecule has 0 spiro atoms. The fourth-order valence-electron chi connectivity index (χ4n) is 1.63. The van der Waals surface area contributed by atoms with Crippen LogP contribution in [0.2, 0.25) is 0 Å². The van der Waals surface area contributed by atoms with E-state index in [1.807, 2.05) is 0 Å². The summed E-state index contributed by atoms with van der Waals surface area (Å²) in [6.07, 6.45) is 4.94. The first-order valence-corrected chi connectivity index (χ1v) is 5.05. The van der Waals surface area contributed by atoms with Gasteiger partial charge in [0.2, 0.25) is 5.82 Å². The van der Waals surface area contributed by atoms with Crippen molar-refractivity contribution in [3.05, 3.63) is 27.9 Å². The van der Waals surface area contributed by atoms with Crippen molar-refractivity contribution in [1.82, 2.24) is 4.98 Å². The fourth-order valence-corrected chi connectivity index (χ4v) is 1.63. The lowest BCUT2D eigenvalue weighted by atomic mass is 9.93. The second-order valence-electron chi connectivity index (χ2n) is 3.85. The first-order chi connectivity index (χ1) is 7.18. The van der Waals surface area contributed by atoms with Gasteiger partial charge in [-0.15, -0.1) is 0 Å². The van der Waals surface area contributed by atoms with Crippen LogP contribution in [0, 0.1) is 17.0 Å². The van der Waals surface area contributed by atoms with Crippen LogP contribution in [-0.4, -0.2) is 15.9 Å². The molecule has 0 radical (unpaired) electrons. The van der Waals surface area contributed by atoms with E-state index >= 15 is 0 Å². The number of nitrogens with zero attached hydrogens (tertiary/aromatic N) is 2. The van der Waals surface area contributed by atoms with Crippen molar-refractivity contribution in [2.24, 2.45) is 0 Å². The lowest BCUT2D eigenvalue weighted by Crippen LogP contribution is -2.27. The van der Waals surface area contributed by atoms with Gasteiger partial charge in [0.15, 0.2) is 0 Å². The Kier molecular flexibility index (Phi) is 2.53. The van der Waals surface area contributed by atoms with Gasteiger partial charge in [0.1, 0.15) is 0 Å². The van der Waals surface area contributed by atoms with Crippen LogP contribution in [0.3, 0.4) is 0 Å². The summed E-state index contributed by atoms with van der Waals surface area (Å²) in [4.78, 5) is 14.5. The van der Waals surface area contributed by atoms with Crippen molar-refractivity contribution >= 4 is 11.5 Å². The van der Waals surface area contributed by atoms with Gasteiger partial charge < -0.3 is 5.32 Å². The van der Waals surface area contributed by atoms with E-state index in [4.69, 9.17) is 0 Å². The summed E-state index contributed by atoms with van der Waals surface area (Å²) in [5, 5.41) is 14.0. The Hall–Kier alpha value is -1.65. The Bertz CT molecular complexity index is 388. The second-order valence-corrected chi connectivity index (χ2v) is 3.85. The number of hydrogen-bond acceptors (Lipinski definition) is 4. The molecule has 1 aromatic heterocycles. The van der Waals surface area contributed by atoms with Gasteiger partial charge in [-0.2, -0.15) is 0 Å². The number of nitrogens with one attached hydrogen (secondary N) is 1. The summed E-state index contributed by atoms with van der Waals surface area (Å²) < 4.78 is 0. The van der Waals surface area contributed by atoms with Crippen LogP contribution in [0.15, 0.2) is 12.3 Å². The molecule has 2 rings (SSSR count). The zero-order chi connectivity index (χ0) is 10.8. The molecule has 0 amide bonds. The maximum absolute atomic E-state index is 10.9. The Labute approximate surface area is 87.7 Å². The number of nitro groups is 1. The molecule has 0 aromatic carbocycles. The Morgan fingerprint density at radius 3 is 2.87 bits per heavy atom. The van der Waals surface area contributed by atoms with E-state index in [2.05, 4.69) is 10.3 Å². The molecule has 1 heterocycles. The minimum absolute atomic E-state index is 0.101. The first kappa shape index (κ1) is 9.89. The molecule has 80 valence electrons. The van der Waals surface area contributed by atoms with Crippen LogP contribution in [0.25, 0.3) is 0 Å². The molecule has 1 aromatic rings. The summed E-state index contributed by atoms with van der Waals surface area (Å²) >= 11 is 0. The summed E-state index contributed by atoms with van der Waals surface area (Å²) in [6.45, 7) is 1.73. The quantitative estimate of drug-likeness (QED) is 0.609. The lowest BCUT2D eigenvalue weighted by Gasteiger charge is -2.26. The molecule has 0 unspecified atom stereocenters. The molecule has 0 aliphatic heterocycles. The van der Waals surface area contributed by atoms with E-state index in [0.29, 0.717) is 17.4 Å². The molecule has 5 heteroatoms. The van der Waals surface area contributed by atoms with Crippen LogP contribution in [0.1, 0.15) is 24.8 Å². The summed E-state index contributed by atoms with van der Waals surface area (Å²) in [6, 6.07) is 2.02. The Morgan fingerprint density at radius 2 is 2.33 bits per heavy atom. The molecule has 0 atom stereocenters. The first-order valence-electron chi connectivity index (χ1n) is 5.05. The van der Waals surface area contributed by atoms with E-state index in [9.17, 15) is 10.1 Å². The zero-order valence-corrected chi connectivity index (χ0v) is 8.56. The van der Waals surface area contributed by atoms with E-state index in [1.165, 1.54) is 6.42 Å². The summed E-state index contributed by atoms with van der Waals surface area (Å²) in [5.74, 6) is 0.407. The van der Waals surface area contributed by atoms with E-state index < -0.39 is 0 Å². The van der Waals surface area contributed by atoms with Gasteiger partial charge >= 0.3 is 5.69 Å². The standard InChI is InChI=1S/C10H13N3O2/c1-7-5-6-11-10(9(7)13(14)15)12-8-3-2-4-8/h5-6,8H,2-4H2,1H3,(H,11,12). The highest BCUT2D eigenvalue weighted by Crippen LogP contribution is 2.29. The number of aryl methyl sites for hydroxylation is 1. The highest BCUT2D eigenvalue weighted by atomic mass is 16.6. The summed E-state index contributed by atoms with van der Waals surface area (Å²) in [7, 11) is 0. The van der Waals surface area contributed by atoms with E-state index in [0.717, 1.165) is 12.8 Å². The van der Waals surface area contributed by atoms with Crippen molar-refractivity contribution in [2.45, 2.75) is 32.2 Å². The zero-order valence-electron chi connectivity index (χ0n) is 8.56. The van der Waals surface area contributed by atoms with Gasteiger partial charge in [0, 0.05) is 17.8 Å². The molecule has 1 fully saturated rings. The fraction of sp³-hybridized carbons (Fsp3) is 0.500. The molecule has 1 N–H and O–H groups in total. The summed E-state index contributed by atoms with van der Waals surface area (Å²) in [5.41, 5.74) is 0.751. The predicted octanol–water partition coefficient (Wildman–Crippen LogP) is 2.26. The van der Waals surface area contributed by atoms with Crippen LogP contribution in [0.5, 0.6) is 0 Å². The van der Waals surface area contributed by atoms with Gasteiger partial charge in [0.05, 0.1) is 4.92 Å². The lowest BCUT2D eigenvalue weighted by molar-refractivity contribution is -0.384. The molecular weight excluding hydrogens is 194 g/mol. The number of anilines is 1. The highest BCUT2D eigenvalue weighted by Gasteiger charge is 2.23. The third-order valence-electron chi connectivity index (χ3n) is 2.75. The molecule has 5 nitrogen and oxygen atoms in total. The third kappa shape index (κ3) is 1.91. The number of pyridine rings is 1. The van der Waals surface area contributed by atoms with Crippen LogP contribution >= 0.6 is 0 Å². The monoisotopic (exact) mass is 207 g/mol. The van der Waals surface area contributed by atoms with Crippen molar-refractivity contribution in [3.8, 4) is 0 Å². The number of rotatable bonds is 3. The van der Waals surface area contributed by atoms with Gasteiger partial charge in [-0.3, -0.25) is 10.1 Å². The van der Waals surface area contributed by atoms with E-state index in [-0.39, 0.29) is 10.6 Å². The van der Waals surface area contributed by atoms with Gasteiger partial charge in [-0.25, -0.2) is 4.98 Å². The molecule has 1 aliphatic rings. The number of aromatic nitrogens is 1. The normalized spacial score (nSPS) is 15.8. The van der Waals surface area contributed by atoms with Crippen molar-refractivity contribution in [3.63, 3.8) is 0 Å². The number of hydrogen-bond donors (Lipinski definition) is 1. The Morgan fingerprint density at radius 1 is 1.60 bits per heavy atom. The molecule has 0 saturated heterocycles. The van der Waals surface area contributed by atoms with Crippen molar-refractivity contribution in [2.75, 3.05) is 5.32 Å². The predicted molar refractivity (Wildman–Crippen MR) is 56.9 cm³/mol. The average Bonchev–Trinajstić information content (AvgIpc) is 2.10. The second kappa shape index (κ2) is 3.84. The largest absolute Gasteiger partial charge is 0.362 e. The van der Waals surface area contributed by atoms with Crippen LogP contribution in [0.4, 0.5) is 11.5 Å². The molecule has 15 heavy (non-hydrogen) atoms. The molecular formula is C10H13N3O2. The average molecular weight is 207 g/mol. The van der Waals surface area contributed by atoms with Gasteiger partial charge in [-0.05, 0) is 32.3 Å². The van der Waals surface area contributed by atoms with Crippen LogP contribution in [-0.2, 0) is 0 Å². The topological polar surface area (TPSA) is 68.1 Å². The maximum Gasteiger partial charge on any atom is 0.314 e. The highest BCUT2D eigenvalue weighted by molar-refractivity contribution is 5.60. The van der Waals surface area contributed by atoms with Crippen molar-refractivity contribution < 1.29 is 4.92 Å². The SMILES string of the molecule is Cc1ccnc(NC2CCC2)c1[N+](=O)[O-]. The minimum Gasteiger partial charge on any atom is -0.362 e. The Balaban J connectivity index is 2.27. The van der Waals surface area contributed by atoms with Gasteiger partial charge in [0.25, 0.3) is 0 Å². The maximum atomic E-state index is 10.9. The van der Waals surface area contributed by atoms with Crippen molar-refractivity contribution in [1.29, 1.82) is 0 Å². The van der Waals surface area contributed by atoms with E-state index in [1.54, 1.807) is 19.2 Å². The molecule has 1 saturated carbocycles. The van der Waals surface area contributed by atoms with Crippen LogP contribution < -0.4 is 5.32 Å².